The molecule has 1 aliphatic rings. The Hall–Kier alpha value is -2.47. The van der Waals surface area contributed by atoms with E-state index in [4.69, 9.17) is 0 Å². The van der Waals surface area contributed by atoms with E-state index in [2.05, 4.69) is 50.1 Å². The number of aryl methyl sites for hydroxylation is 1. The summed E-state index contributed by atoms with van der Waals surface area (Å²) in [7, 11) is 1.96. The zero-order valence-corrected chi connectivity index (χ0v) is 14.1. The maximum Gasteiger partial charge on any atom is 0.139 e. The molecule has 6 nitrogen and oxygen atoms in total. The maximum absolute atomic E-state index is 4.56. The van der Waals surface area contributed by atoms with Crippen LogP contribution < -0.4 is 4.90 Å². The van der Waals surface area contributed by atoms with Crippen molar-refractivity contribution in [1.29, 1.82) is 0 Å². The van der Waals surface area contributed by atoms with Crippen molar-refractivity contribution in [3.8, 4) is 0 Å². The minimum atomic E-state index is 0.465. The Kier molecular flexibility index (Phi) is 3.90. The Labute approximate surface area is 141 Å². The molecule has 6 heteroatoms. The fourth-order valence-corrected chi connectivity index (χ4v) is 3.45. The van der Waals surface area contributed by atoms with E-state index in [1.54, 1.807) is 6.33 Å². The fraction of sp³-hybridized carbons (Fsp3) is 0.389. The van der Waals surface area contributed by atoms with E-state index in [9.17, 15) is 0 Å². The van der Waals surface area contributed by atoms with Gasteiger partial charge in [-0.25, -0.2) is 9.97 Å². The van der Waals surface area contributed by atoms with E-state index in [1.165, 1.54) is 5.56 Å². The SMILES string of the molecule is CC1CN(c2ncnc3ccccc23)CCN1Cc1cnn(C)c1. The molecule has 0 N–H and O–H groups in total. The molecule has 1 aliphatic heterocycles. The minimum Gasteiger partial charge on any atom is -0.353 e. The first kappa shape index (κ1) is 15.1. The zero-order chi connectivity index (χ0) is 16.5. The van der Waals surface area contributed by atoms with Crippen LogP contribution in [0.3, 0.4) is 0 Å². The van der Waals surface area contributed by atoms with Crippen LogP contribution >= 0.6 is 0 Å². The Morgan fingerprint density at radius 1 is 1.17 bits per heavy atom. The van der Waals surface area contributed by atoms with Crippen molar-refractivity contribution >= 4 is 16.7 Å². The van der Waals surface area contributed by atoms with Gasteiger partial charge in [0.15, 0.2) is 0 Å². The number of fused-ring (bicyclic) bond motifs is 1. The Morgan fingerprint density at radius 3 is 2.83 bits per heavy atom. The zero-order valence-electron chi connectivity index (χ0n) is 14.1. The van der Waals surface area contributed by atoms with Crippen molar-refractivity contribution in [3.05, 3.63) is 48.5 Å². The van der Waals surface area contributed by atoms with Crippen molar-refractivity contribution in [2.45, 2.75) is 19.5 Å². The summed E-state index contributed by atoms with van der Waals surface area (Å²) < 4.78 is 1.86. The quantitative estimate of drug-likeness (QED) is 0.739. The highest BCUT2D eigenvalue weighted by Gasteiger charge is 2.25. The van der Waals surface area contributed by atoms with Crippen molar-refractivity contribution in [2.75, 3.05) is 24.5 Å². The normalized spacial score (nSPS) is 19.1. The second-order valence-electron chi connectivity index (χ2n) is 6.50. The van der Waals surface area contributed by atoms with Gasteiger partial charge >= 0.3 is 0 Å². The van der Waals surface area contributed by atoms with Gasteiger partial charge in [0.1, 0.15) is 12.1 Å². The van der Waals surface area contributed by atoms with Gasteiger partial charge in [0.05, 0.1) is 11.7 Å². The molecule has 2 aromatic heterocycles. The molecule has 4 rings (SSSR count). The molecule has 1 saturated heterocycles. The van der Waals surface area contributed by atoms with Gasteiger partial charge in [-0.3, -0.25) is 9.58 Å². The lowest BCUT2D eigenvalue weighted by Gasteiger charge is -2.40. The van der Waals surface area contributed by atoms with Crippen LogP contribution in [0.25, 0.3) is 10.9 Å². The summed E-state index contributed by atoms with van der Waals surface area (Å²) in [6, 6.07) is 8.69. The number of aromatic nitrogens is 4. The summed E-state index contributed by atoms with van der Waals surface area (Å²) in [5.74, 6) is 1.05. The van der Waals surface area contributed by atoms with Crippen LogP contribution in [-0.2, 0) is 13.6 Å². The van der Waals surface area contributed by atoms with Gasteiger partial charge in [-0.2, -0.15) is 5.10 Å². The van der Waals surface area contributed by atoms with Crippen molar-refractivity contribution in [2.24, 2.45) is 7.05 Å². The number of anilines is 1. The Bertz CT molecular complexity index is 837. The summed E-state index contributed by atoms with van der Waals surface area (Å²) in [5.41, 5.74) is 2.28. The van der Waals surface area contributed by atoms with Crippen molar-refractivity contribution in [1.82, 2.24) is 24.6 Å². The monoisotopic (exact) mass is 322 g/mol. The topological polar surface area (TPSA) is 50.1 Å². The third-order valence-electron chi connectivity index (χ3n) is 4.73. The van der Waals surface area contributed by atoms with E-state index < -0.39 is 0 Å². The van der Waals surface area contributed by atoms with E-state index in [0.29, 0.717) is 6.04 Å². The van der Waals surface area contributed by atoms with Crippen molar-refractivity contribution < 1.29 is 0 Å². The highest BCUT2D eigenvalue weighted by molar-refractivity contribution is 5.89. The molecule has 0 aliphatic carbocycles. The molecular weight excluding hydrogens is 300 g/mol. The molecule has 1 unspecified atom stereocenters. The fourth-order valence-electron chi connectivity index (χ4n) is 3.45. The lowest BCUT2D eigenvalue weighted by molar-refractivity contribution is 0.180. The number of rotatable bonds is 3. The van der Waals surface area contributed by atoms with Gasteiger partial charge < -0.3 is 4.90 Å². The first-order valence-electron chi connectivity index (χ1n) is 8.37. The largest absolute Gasteiger partial charge is 0.353 e. The average molecular weight is 322 g/mol. The number of para-hydroxylation sites is 1. The molecule has 1 aromatic carbocycles. The summed E-state index contributed by atoms with van der Waals surface area (Å²) in [6.07, 6.45) is 5.72. The number of hydrogen-bond donors (Lipinski definition) is 0. The molecule has 3 aromatic rings. The van der Waals surface area contributed by atoms with Crippen LogP contribution in [0.2, 0.25) is 0 Å². The van der Waals surface area contributed by atoms with Crippen LogP contribution in [0, 0.1) is 0 Å². The molecule has 0 bridgehead atoms. The lowest BCUT2D eigenvalue weighted by atomic mass is 10.1. The summed E-state index contributed by atoms with van der Waals surface area (Å²) in [4.78, 5) is 13.8. The molecule has 3 heterocycles. The van der Waals surface area contributed by atoms with Crippen LogP contribution in [0.5, 0.6) is 0 Å². The second-order valence-corrected chi connectivity index (χ2v) is 6.50. The third-order valence-corrected chi connectivity index (χ3v) is 4.73. The van der Waals surface area contributed by atoms with Crippen LogP contribution in [0.4, 0.5) is 5.82 Å². The highest BCUT2D eigenvalue weighted by atomic mass is 15.3. The summed E-state index contributed by atoms with van der Waals surface area (Å²) >= 11 is 0. The number of hydrogen-bond acceptors (Lipinski definition) is 5. The van der Waals surface area contributed by atoms with E-state index >= 15 is 0 Å². The average Bonchev–Trinajstić information content (AvgIpc) is 3.01. The molecule has 124 valence electrons. The van der Waals surface area contributed by atoms with Gasteiger partial charge in [0.2, 0.25) is 0 Å². The number of piperazine rings is 1. The number of benzene rings is 1. The molecule has 0 radical (unpaired) electrons. The summed E-state index contributed by atoms with van der Waals surface area (Å²) in [5, 5.41) is 5.40. The van der Waals surface area contributed by atoms with Gasteiger partial charge in [0, 0.05) is 56.4 Å². The molecule has 0 spiro atoms. The minimum absolute atomic E-state index is 0.465. The Balaban J connectivity index is 1.51. The molecule has 0 amide bonds. The van der Waals surface area contributed by atoms with E-state index in [0.717, 1.165) is 42.9 Å². The van der Waals surface area contributed by atoms with Gasteiger partial charge in [-0.1, -0.05) is 12.1 Å². The first-order chi connectivity index (χ1) is 11.7. The van der Waals surface area contributed by atoms with Crippen molar-refractivity contribution in [3.63, 3.8) is 0 Å². The molecular formula is C18H22N6. The Morgan fingerprint density at radius 2 is 2.04 bits per heavy atom. The van der Waals surface area contributed by atoms with Gasteiger partial charge in [-0.05, 0) is 19.1 Å². The molecule has 1 fully saturated rings. The second kappa shape index (κ2) is 6.20. The lowest BCUT2D eigenvalue weighted by Crippen LogP contribution is -2.51. The predicted octanol–water partition coefficient (Wildman–Crippen LogP) is 2.07. The van der Waals surface area contributed by atoms with Gasteiger partial charge in [0.25, 0.3) is 0 Å². The molecule has 1 atom stereocenters. The maximum atomic E-state index is 4.56. The van der Waals surface area contributed by atoms with Crippen LogP contribution in [0.15, 0.2) is 43.0 Å². The first-order valence-corrected chi connectivity index (χ1v) is 8.37. The predicted molar refractivity (Wildman–Crippen MR) is 94.8 cm³/mol. The van der Waals surface area contributed by atoms with Gasteiger partial charge in [-0.15, -0.1) is 0 Å². The molecule has 24 heavy (non-hydrogen) atoms. The highest BCUT2D eigenvalue weighted by Crippen LogP contribution is 2.25. The molecule has 0 saturated carbocycles. The van der Waals surface area contributed by atoms with E-state index in [1.807, 2.05) is 30.1 Å². The smallest absolute Gasteiger partial charge is 0.139 e. The van der Waals surface area contributed by atoms with Crippen LogP contribution in [-0.4, -0.2) is 50.3 Å². The van der Waals surface area contributed by atoms with Crippen LogP contribution in [0.1, 0.15) is 12.5 Å². The standard InChI is InChI=1S/C18H22N6/c1-14-10-24(8-7-23(14)12-15-9-21-22(2)11-15)18-16-5-3-4-6-17(16)19-13-20-18/h3-6,9,11,13-14H,7-8,10,12H2,1-2H3. The van der Waals surface area contributed by atoms with E-state index in [-0.39, 0.29) is 0 Å². The third kappa shape index (κ3) is 2.85. The number of nitrogens with zero attached hydrogens (tertiary/aromatic N) is 6. The summed E-state index contributed by atoms with van der Waals surface area (Å²) in [6.45, 7) is 6.21.